The monoisotopic (exact) mass is 913 g/mol. The van der Waals surface area contributed by atoms with Crippen molar-refractivity contribution in [3.05, 3.63) is 88.3 Å². The Hall–Kier alpha value is -6.34. The first-order chi connectivity index (χ1) is 31.0. The lowest BCUT2D eigenvalue weighted by Crippen LogP contribution is -2.50. The number of rotatable bonds is 20. The molecule has 7 rings (SSSR count). The predicted molar refractivity (Wildman–Crippen MR) is 246 cm³/mol. The molecule has 0 spiro atoms. The lowest BCUT2D eigenvalue weighted by atomic mass is 9.96. The highest BCUT2D eigenvalue weighted by atomic mass is 35.5. The second-order valence-corrected chi connectivity index (χ2v) is 16.3. The highest BCUT2D eigenvalue weighted by Gasteiger charge is 2.26. The number of aromatic hydroxyl groups is 1. The van der Waals surface area contributed by atoms with Crippen LogP contribution in [-0.4, -0.2) is 128 Å². The van der Waals surface area contributed by atoms with Crippen LogP contribution < -0.4 is 26.0 Å². The predicted octanol–water partition coefficient (Wildman–Crippen LogP) is 6.20. The van der Waals surface area contributed by atoms with Gasteiger partial charge in [-0.3, -0.25) is 9.59 Å². The zero-order valence-corrected chi connectivity index (χ0v) is 37.0. The summed E-state index contributed by atoms with van der Waals surface area (Å²) in [5.41, 5.74) is 10.6. The van der Waals surface area contributed by atoms with Crippen LogP contribution in [0.2, 0.25) is 5.02 Å². The molecule has 1 aliphatic rings. The number of amides is 4. The molecule has 4 aromatic carbocycles. The van der Waals surface area contributed by atoms with Crippen molar-refractivity contribution in [3.63, 3.8) is 0 Å². The first-order valence-electron chi connectivity index (χ1n) is 20.7. The highest BCUT2D eigenvalue weighted by Crippen LogP contribution is 2.42. The Morgan fingerprint density at radius 1 is 1.00 bits per heavy atom. The molecule has 19 heteroatoms. The maximum absolute atomic E-state index is 16.9. The Bertz CT molecular complexity index is 2630. The summed E-state index contributed by atoms with van der Waals surface area (Å²) in [7, 11) is 1.69. The number of halogens is 2. The molecule has 0 saturated carbocycles. The quantitative estimate of drug-likeness (QED) is 0.0501. The number of ether oxygens (including phenoxy) is 3. The van der Waals surface area contributed by atoms with Crippen LogP contribution in [0.4, 0.5) is 21.0 Å². The van der Waals surface area contributed by atoms with E-state index >= 15 is 4.39 Å². The van der Waals surface area contributed by atoms with Gasteiger partial charge in [-0.2, -0.15) is 4.98 Å². The Morgan fingerprint density at radius 3 is 2.52 bits per heavy atom. The normalized spacial score (nSPS) is 12.8. The average Bonchev–Trinajstić information content (AvgIpc) is 3.73. The van der Waals surface area contributed by atoms with Crippen LogP contribution in [-0.2, 0) is 25.6 Å². The summed E-state index contributed by atoms with van der Waals surface area (Å²) < 4.78 is 34.3. The molecular weight excluding hydrogens is 865 g/mol. The molecule has 1 saturated heterocycles. The number of carbonyl (C=O) groups is 3. The molecular formula is C45H49ClFN9O7S. The molecule has 0 radical (unpaired) electrons. The van der Waals surface area contributed by atoms with Gasteiger partial charge in [-0.25, -0.2) is 19.2 Å². The third kappa shape index (κ3) is 10.9. The molecule has 6 aromatic rings. The molecule has 3 heterocycles. The number of phenols is 1. The zero-order chi connectivity index (χ0) is 45.2. The third-order valence-electron chi connectivity index (χ3n) is 10.8. The van der Waals surface area contributed by atoms with Crippen LogP contribution in [0.3, 0.4) is 0 Å². The van der Waals surface area contributed by atoms with Crippen molar-refractivity contribution in [2.24, 2.45) is 5.73 Å². The van der Waals surface area contributed by atoms with E-state index in [-0.39, 0.29) is 46.7 Å². The summed E-state index contributed by atoms with van der Waals surface area (Å²) in [5.74, 6) is 0.276. The Balaban J connectivity index is 0.917. The van der Waals surface area contributed by atoms with Crippen LogP contribution in [0.1, 0.15) is 17.7 Å². The number of fused-ring (bicyclic) bond motifs is 2. The number of primary amides is 1. The molecule has 5 N–H and O–H groups in total. The minimum Gasteiger partial charge on any atom is -0.508 e. The van der Waals surface area contributed by atoms with E-state index in [1.54, 1.807) is 40.9 Å². The molecule has 0 atom stereocenters. The van der Waals surface area contributed by atoms with Gasteiger partial charge in [0.2, 0.25) is 18.3 Å². The number of aryl methyl sites for hydroxylation is 1. The van der Waals surface area contributed by atoms with Crippen molar-refractivity contribution >= 4 is 74.7 Å². The number of urea groups is 1. The number of anilines is 2. The SMILES string of the molecule is Cc1ncsc1-c1ccc(CNC=O)c(OCCOCCOCCN(C)C(=O)CCNc2nc(N3CCN(C(N)=O)CC3)c3cc(Cl)c(-c4cc(O)cc5ccccc45)c(F)c3n2)c1. The van der Waals surface area contributed by atoms with Crippen molar-refractivity contribution < 1.29 is 38.1 Å². The Labute approximate surface area is 378 Å². The third-order valence-corrected chi connectivity index (χ3v) is 12.1. The fourth-order valence-corrected chi connectivity index (χ4v) is 8.52. The number of hydrogen-bond acceptors (Lipinski definition) is 13. The Kier molecular flexibility index (Phi) is 15.2. The van der Waals surface area contributed by atoms with E-state index in [0.717, 1.165) is 21.7 Å². The summed E-state index contributed by atoms with van der Waals surface area (Å²) >= 11 is 8.39. The van der Waals surface area contributed by atoms with E-state index in [2.05, 4.69) is 20.6 Å². The molecule has 0 bridgehead atoms. The summed E-state index contributed by atoms with van der Waals surface area (Å²) in [6.45, 7) is 5.81. The van der Waals surface area contributed by atoms with Gasteiger partial charge in [0, 0.05) is 75.8 Å². The lowest BCUT2D eigenvalue weighted by molar-refractivity contribution is -0.130. The molecule has 1 aliphatic heterocycles. The van der Waals surface area contributed by atoms with E-state index in [4.69, 9.17) is 36.5 Å². The van der Waals surface area contributed by atoms with Crippen molar-refractivity contribution in [2.45, 2.75) is 19.9 Å². The number of benzene rings is 4. The number of nitrogens with one attached hydrogen (secondary N) is 2. The van der Waals surface area contributed by atoms with Crippen LogP contribution in [0.5, 0.6) is 11.5 Å². The maximum Gasteiger partial charge on any atom is 0.314 e. The molecule has 4 amide bonds. The first-order valence-corrected chi connectivity index (χ1v) is 22.0. The molecule has 336 valence electrons. The van der Waals surface area contributed by atoms with Crippen LogP contribution in [0.25, 0.3) is 43.2 Å². The van der Waals surface area contributed by atoms with Crippen LogP contribution in [0, 0.1) is 12.7 Å². The molecule has 0 unspecified atom stereocenters. The lowest BCUT2D eigenvalue weighted by Gasteiger charge is -2.35. The van der Waals surface area contributed by atoms with E-state index < -0.39 is 11.8 Å². The van der Waals surface area contributed by atoms with Crippen molar-refractivity contribution in [1.82, 2.24) is 30.1 Å². The number of hydrogen-bond donors (Lipinski definition) is 4. The average molecular weight is 914 g/mol. The zero-order valence-electron chi connectivity index (χ0n) is 35.4. The topological polar surface area (TPSA) is 198 Å². The standard InChI is InChI=1S/C45H49ClFN9O7S/c1-28-42(64-27-51-28)30-7-8-31(25-49-26-57)37(22-30)63-20-19-62-18-17-61-16-15-54(2)38(59)9-10-50-45-52-41-35(43(53-45)55-11-13-56(14-12-55)44(48)60)24-36(46)39(40(41)47)34-23-32(58)21-29-5-3-4-6-33(29)34/h3-8,21-24,26-27,58H,9-20,25H2,1-2H3,(H2,48,60)(H,49,57)(H,50,52,53). The summed E-state index contributed by atoms with van der Waals surface area (Å²) in [6.07, 6.45) is 0.743. The summed E-state index contributed by atoms with van der Waals surface area (Å²) in [5, 5.41) is 18.2. The van der Waals surface area contributed by atoms with E-state index in [0.29, 0.717) is 112 Å². The number of thiazole rings is 1. The summed E-state index contributed by atoms with van der Waals surface area (Å²) in [6, 6.07) is 17.3. The molecule has 16 nitrogen and oxygen atoms in total. The Morgan fingerprint density at radius 2 is 1.77 bits per heavy atom. The number of nitrogens with zero attached hydrogens (tertiary/aromatic N) is 6. The smallest absolute Gasteiger partial charge is 0.314 e. The largest absolute Gasteiger partial charge is 0.508 e. The first kappa shape index (κ1) is 45.7. The van der Waals surface area contributed by atoms with Crippen molar-refractivity contribution in [2.75, 3.05) is 89.6 Å². The van der Waals surface area contributed by atoms with Crippen LogP contribution >= 0.6 is 22.9 Å². The van der Waals surface area contributed by atoms with Gasteiger partial charge in [-0.05, 0) is 53.1 Å². The minimum atomic E-state index is -0.696. The van der Waals surface area contributed by atoms with Gasteiger partial charge >= 0.3 is 6.03 Å². The number of likely N-dealkylation sites (N-methyl/N-ethyl adjacent to an activating group) is 1. The minimum absolute atomic E-state index is 0.000771. The fraction of sp³-hybridized carbons (Fsp3) is 0.333. The fourth-order valence-electron chi connectivity index (χ4n) is 7.42. The molecule has 2 aromatic heterocycles. The second kappa shape index (κ2) is 21.4. The van der Waals surface area contributed by atoms with Gasteiger partial charge in [0.1, 0.15) is 29.4 Å². The summed E-state index contributed by atoms with van der Waals surface area (Å²) in [4.78, 5) is 55.6. The number of aromatic nitrogens is 3. The van der Waals surface area contributed by atoms with Crippen molar-refractivity contribution in [3.8, 4) is 33.1 Å². The van der Waals surface area contributed by atoms with Gasteiger partial charge in [0.15, 0.2) is 5.82 Å². The van der Waals surface area contributed by atoms with Gasteiger partial charge in [0.05, 0.1) is 47.5 Å². The van der Waals surface area contributed by atoms with Crippen molar-refractivity contribution in [1.29, 1.82) is 0 Å². The number of piperazine rings is 1. The number of nitrogens with two attached hydrogens (primary N) is 1. The van der Waals surface area contributed by atoms with E-state index in [1.165, 1.54) is 11.0 Å². The molecule has 0 aliphatic carbocycles. The maximum atomic E-state index is 16.9. The second-order valence-electron chi connectivity index (χ2n) is 15.0. The van der Waals surface area contributed by atoms with E-state index in [1.807, 2.05) is 54.3 Å². The number of carbonyl (C=O) groups excluding carboxylic acids is 3. The van der Waals surface area contributed by atoms with Gasteiger partial charge < -0.3 is 50.4 Å². The molecule has 64 heavy (non-hydrogen) atoms. The molecule has 1 fully saturated rings. The van der Waals surface area contributed by atoms with Gasteiger partial charge in [0.25, 0.3) is 0 Å². The number of phenolic OH excluding ortho intramolecular Hbond substituents is 1. The van der Waals surface area contributed by atoms with E-state index in [9.17, 15) is 19.5 Å². The van der Waals surface area contributed by atoms with Gasteiger partial charge in [-0.15, -0.1) is 11.3 Å². The van der Waals surface area contributed by atoms with Gasteiger partial charge in [-0.1, -0.05) is 48.0 Å². The van der Waals surface area contributed by atoms with Crippen LogP contribution in [0.15, 0.2) is 66.2 Å². The highest BCUT2D eigenvalue weighted by molar-refractivity contribution is 7.13.